The Morgan fingerprint density at radius 3 is 2.53 bits per heavy atom. The van der Waals surface area contributed by atoms with Gasteiger partial charge >= 0.3 is 5.97 Å². The molecule has 0 radical (unpaired) electrons. The summed E-state index contributed by atoms with van der Waals surface area (Å²) in [7, 11) is 1.59. The molecule has 1 N–H and O–H groups in total. The van der Waals surface area contributed by atoms with Crippen molar-refractivity contribution in [1.82, 2.24) is 0 Å². The minimum Gasteiger partial charge on any atom is -0.497 e. The van der Waals surface area contributed by atoms with Crippen molar-refractivity contribution in [2.75, 3.05) is 12.9 Å². The fraction of sp³-hybridized carbons (Fsp3) is 0.200. The van der Waals surface area contributed by atoms with Crippen molar-refractivity contribution in [2.45, 2.75) is 0 Å². The van der Waals surface area contributed by atoms with Crippen molar-refractivity contribution in [3.8, 4) is 5.75 Å². The van der Waals surface area contributed by atoms with Crippen molar-refractivity contribution >= 4 is 34.1 Å². The minimum absolute atomic E-state index is 0.00906. The van der Waals surface area contributed by atoms with Crippen LogP contribution < -0.4 is 4.74 Å². The highest BCUT2D eigenvalue weighted by Gasteiger charge is 2.05. The van der Waals surface area contributed by atoms with Gasteiger partial charge in [0.15, 0.2) is 0 Å². The Kier molecular flexibility index (Phi) is 4.58. The standard InChI is InChI=1S/C10H10O3S2/c1-13-8-4-2-7(3-5-8)10(14)15-6-9(11)12/h2-5H,6H2,1H3,(H,11,12). The Morgan fingerprint density at radius 1 is 1.47 bits per heavy atom. The SMILES string of the molecule is COc1ccc(C(=S)SCC(=O)O)cc1. The highest BCUT2D eigenvalue weighted by atomic mass is 32.2. The summed E-state index contributed by atoms with van der Waals surface area (Å²) in [4.78, 5) is 10.3. The van der Waals surface area contributed by atoms with Crippen LogP contribution in [0.25, 0.3) is 0 Å². The maximum absolute atomic E-state index is 10.3. The molecule has 1 rings (SSSR count). The number of methoxy groups -OCH3 is 1. The largest absolute Gasteiger partial charge is 0.497 e. The summed E-state index contributed by atoms with van der Waals surface area (Å²) in [5, 5.41) is 8.49. The maximum atomic E-state index is 10.3. The van der Waals surface area contributed by atoms with Crippen LogP contribution in [0.5, 0.6) is 5.75 Å². The van der Waals surface area contributed by atoms with Crippen molar-refractivity contribution in [2.24, 2.45) is 0 Å². The molecule has 0 aliphatic rings. The molecule has 0 amide bonds. The lowest BCUT2D eigenvalue weighted by molar-refractivity contribution is -0.133. The first-order valence-corrected chi connectivity index (χ1v) is 5.56. The van der Waals surface area contributed by atoms with E-state index in [9.17, 15) is 4.79 Å². The normalized spacial score (nSPS) is 9.67. The third kappa shape index (κ3) is 3.89. The van der Waals surface area contributed by atoms with Crippen LogP contribution in [0.2, 0.25) is 0 Å². The number of carboxylic acid groups (broad SMARTS) is 1. The van der Waals surface area contributed by atoms with E-state index in [2.05, 4.69) is 0 Å². The van der Waals surface area contributed by atoms with Gasteiger partial charge in [-0.3, -0.25) is 4.79 Å². The van der Waals surface area contributed by atoms with E-state index in [1.165, 1.54) is 0 Å². The van der Waals surface area contributed by atoms with Gasteiger partial charge in [0.25, 0.3) is 0 Å². The van der Waals surface area contributed by atoms with Crippen LogP contribution in [-0.4, -0.2) is 28.1 Å². The Balaban J connectivity index is 2.62. The number of thioether (sulfide) groups is 1. The molecule has 80 valence electrons. The Hall–Kier alpha value is -1.07. The third-order valence-electron chi connectivity index (χ3n) is 1.65. The van der Waals surface area contributed by atoms with Crippen LogP contribution in [-0.2, 0) is 4.79 Å². The van der Waals surface area contributed by atoms with Gasteiger partial charge in [-0.1, -0.05) is 12.2 Å². The number of rotatable bonds is 4. The quantitative estimate of drug-likeness (QED) is 0.820. The molecule has 0 heterocycles. The molecule has 0 atom stereocenters. The fourth-order valence-electron chi connectivity index (χ4n) is 0.938. The molecule has 0 spiro atoms. The smallest absolute Gasteiger partial charge is 0.313 e. The molecule has 15 heavy (non-hydrogen) atoms. The molecule has 0 aliphatic carbocycles. The van der Waals surface area contributed by atoms with E-state index in [1.807, 2.05) is 12.1 Å². The molecule has 0 unspecified atom stereocenters. The minimum atomic E-state index is -0.865. The molecular weight excluding hydrogens is 232 g/mol. The first kappa shape index (κ1) is 12.0. The Bertz CT molecular complexity index is 359. The van der Waals surface area contributed by atoms with Gasteiger partial charge in [0.05, 0.1) is 17.1 Å². The van der Waals surface area contributed by atoms with Crippen molar-refractivity contribution in [3.05, 3.63) is 29.8 Å². The summed E-state index contributed by atoms with van der Waals surface area (Å²) < 4.78 is 5.59. The highest BCUT2D eigenvalue weighted by molar-refractivity contribution is 8.24. The topological polar surface area (TPSA) is 46.5 Å². The zero-order valence-corrected chi connectivity index (χ0v) is 9.73. The lowest BCUT2D eigenvalue weighted by atomic mass is 10.2. The number of ether oxygens (including phenoxy) is 1. The first-order valence-electron chi connectivity index (χ1n) is 4.16. The lowest BCUT2D eigenvalue weighted by Crippen LogP contribution is -2.02. The molecule has 3 nitrogen and oxygen atoms in total. The highest BCUT2D eigenvalue weighted by Crippen LogP contribution is 2.17. The number of hydrogen-bond donors (Lipinski definition) is 1. The molecule has 1 aromatic carbocycles. The second kappa shape index (κ2) is 5.72. The van der Waals surface area contributed by atoms with E-state index in [-0.39, 0.29) is 5.75 Å². The summed E-state index contributed by atoms with van der Waals surface area (Å²) in [6.45, 7) is 0. The summed E-state index contributed by atoms with van der Waals surface area (Å²) in [6, 6.07) is 7.22. The predicted molar refractivity (Wildman–Crippen MR) is 64.8 cm³/mol. The number of carbonyl (C=O) groups is 1. The predicted octanol–water partition coefficient (Wildman–Crippen LogP) is 2.19. The monoisotopic (exact) mass is 242 g/mol. The van der Waals surface area contributed by atoms with Crippen molar-refractivity contribution in [3.63, 3.8) is 0 Å². The average molecular weight is 242 g/mol. The zero-order valence-electron chi connectivity index (χ0n) is 8.10. The fourth-order valence-corrected chi connectivity index (χ4v) is 1.81. The zero-order chi connectivity index (χ0) is 11.3. The third-order valence-corrected chi connectivity index (χ3v) is 3.13. The Morgan fingerprint density at radius 2 is 2.07 bits per heavy atom. The number of hydrogen-bond acceptors (Lipinski definition) is 4. The van der Waals surface area contributed by atoms with Crippen molar-refractivity contribution < 1.29 is 14.6 Å². The molecule has 0 fully saturated rings. The molecule has 5 heteroatoms. The van der Waals surface area contributed by atoms with Gasteiger partial charge in [-0.15, -0.1) is 11.8 Å². The van der Waals surface area contributed by atoms with Gasteiger partial charge in [0.2, 0.25) is 0 Å². The number of thiocarbonyl (C=S) groups is 1. The second-order valence-electron chi connectivity index (χ2n) is 2.70. The molecule has 0 aliphatic heterocycles. The lowest BCUT2D eigenvalue weighted by Gasteiger charge is -2.03. The van der Waals surface area contributed by atoms with Gasteiger partial charge in [-0.2, -0.15) is 0 Å². The van der Waals surface area contributed by atoms with Crippen LogP contribution in [0.4, 0.5) is 0 Å². The van der Waals surface area contributed by atoms with Gasteiger partial charge in [0.1, 0.15) is 5.75 Å². The molecule has 0 bridgehead atoms. The van der Waals surface area contributed by atoms with Crippen LogP contribution in [0.1, 0.15) is 5.56 Å². The number of aliphatic carboxylic acids is 1. The van der Waals surface area contributed by atoms with E-state index >= 15 is 0 Å². The molecule has 0 saturated carbocycles. The van der Waals surface area contributed by atoms with Crippen molar-refractivity contribution in [1.29, 1.82) is 0 Å². The molecule has 0 saturated heterocycles. The van der Waals surface area contributed by atoms with E-state index in [0.717, 1.165) is 23.1 Å². The van der Waals surface area contributed by atoms with Gasteiger partial charge < -0.3 is 9.84 Å². The van der Waals surface area contributed by atoms with Gasteiger partial charge in [-0.05, 0) is 29.8 Å². The van der Waals surface area contributed by atoms with Crippen LogP contribution in [0.15, 0.2) is 24.3 Å². The number of carboxylic acids is 1. The molecular formula is C10H10O3S2. The summed E-state index contributed by atoms with van der Waals surface area (Å²) in [5.74, 6) is -0.120. The van der Waals surface area contributed by atoms with E-state index in [4.69, 9.17) is 22.1 Å². The Labute approximate surface area is 97.4 Å². The summed E-state index contributed by atoms with van der Waals surface area (Å²) in [6.07, 6.45) is 0. The van der Waals surface area contributed by atoms with Crippen LogP contribution in [0.3, 0.4) is 0 Å². The average Bonchev–Trinajstić information content (AvgIpc) is 2.26. The van der Waals surface area contributed by atoms with E-state index in [1.54, 1.807) is 19.2 Å². The number of benzene rings is 1. The second-order valence-corrected chi connectivity index (χ2v) is 4.35. The molecule has 1 aromatic rings. The summed E-state index contributed by atoms with van der Waals surface area (Å²) in [5.41, 5.74) is 0.844. The van der Waals surface area contributed by atoms with Gasteiger partial charge in [-0.25, -0.2) is 0 Å². The van der Waals surface area contributed by atoms with Crippen LogP contribution in [0, 0.1) is 0 Å². The summed E-state index contributed by atoms with van der Waals surface area (Å²) >= 11 is 6.22. The molecule has 0 aromatic heterocycles. The van der Waals surface area contributed by atoms with E-state index < -0.39 is 5.97 Å². The van der Waals surface area contributed by atoms with Crippen LogP contribution >= 0.6 is 24.0 Å². The van der Waals surface area contributed by atoms with E-state index in [0.29, 0.717) is 4.20 Å². The van der Waals surface area contributed by atoms with Gasteiger partial charge in [0, 0.05) is 0 Å². The maximum Gasteiger partial charge on any atom is 0.313 e. The first-order chi connectivity index (χ1) is 7.13.